The molecular formula is C14H22ClNO3S. The maximum atomic E-state index is 12.5. The maximum absolute atomic E-state index is 12.5. The van der Waals surface area contributed by atoms with Crippen LogP contribution in [0.15, 0.2) is 24.3 Å². The van der Waals surface area contributed by atoms with E-state index < -0.39 is 10.0 Å². The van der Waals surface area contributed by atoms with Crippen LogP contribution >= 0.6 is 11.6 Å². The molecule has 0 amide bonds. The zero-order chi connectivity index (χ0) is 15.2. The third kappa shape index (κ3) is 5.05. The quantitative estimate of drug-likeness (QED) is 0.692. The van der Waals surface area contributed by atoms with Gasteiger partial charge in [-0.05, 0) is 25.0 Å². The van der Waals surface area contributed by atoms with Gasteiger partial charge >= 0.3 is 0 Å². The van der Waals surface area contributed by atoms with Crippen molar-refractivity contribution < 1.29 is 13.2 Å². The van der Waals surface area contributed by atoms with Crippen LogP contribution in [-0.4, -0.2) is 39.0 Å². The number of hydrogen-bond acceptors (Lipinski definition) is 3. The minimum atomic E-state index is -3.36. The van der Waals surface area contributed by atoms with Crippen molar-refractivity contribution in [1.29, 1.82) is 0 Å². The fourth-order valence-electron chi connectivity index (χ4n) is 2.00. The first-order valence-corrected chi connectivity index (χ1v) is 8.67. The van der Waals surface area contributed by atoms with Crippen molar-refractivity contribution in [2.75, 3.05) is 20.3 Å². The summed E-state index contributed by atoms with van der Waals surface area (Å²) in [6.45, 7) is 4.48. The summed E-state index contributed by atoms with van der Waals surface area (Å²) in [6, 6.07) is 7.26. The monoisotopic (exact) mass is 319 g/mol. The van der Waals surface area contributed by atoms with Gasteiger partial charge in [0, 0.05) is 25.6 Å². The molecule has 0 spiro atoms. The zero-order valence-corrected chi connectivity index (χ0v) is 13.7. The van der Waals surface area contributed by atoms with Gasteiger partial charge in [0.2, 0.25) is 10.0 Å². The minimum Gasteiger partial charge on any atom is -0.383 e. The summed E-state index contributed by atoms with van der Waals surface area (Å²) in [7, 11) is -1.80. The second-order valence-electron chi connectivity index (χ2n) is 4.91. The van der Waals surface area contributed by atoms with Crippen molar-refractivity contribution in [2.45, 2.75) is 31.5 Å². The van der Waals surface area contributed by atoms with E-state index in [0.717, 1.165) is 11.1 Å². The predicted octanol–water partition coefficient (Wildman–Crippen LogP) is 2.61. The SMILES string of the molecule is COCCN(C(C)C)S(=O)(=O)Cc1cccc(CCl)c1. The van der Waals surface area contributed by atoms with Crippen LogP contribution in [0.5, 0.6) is 0 Å². The Kier molecular flexibility index (Phi) is 6.95. The van der Waals surface area contributed by atoms with Gasteiger partial charge in [0.15, 0.2) is 0 Å². The Balaban J connectivity index is 2.90. The van der Waals surface area contributed by atoms with Gasteiger partial charge in [0.1, 0.15) is 0 Å². The highest BCUT2D eigenvalue weighted by atomic mass is 35.5. The van der Waals surface area contributed by atoms with E-state index in [-0.39, 0.29) is 11.8 Å². The number of benzene rings is 1. The van der Waals surface area contributed by atoms with Crippen LogP contribution in [0.4, 0.5) is 0 Å². The Bertz CT molecular complexity index is 517. The number of hydrogen-bond donors (Lipinski definition) is 0. The van der Waals surface area contributed by atoms with E-state index in [1.165, 1.54) is 4.31 Å². The van der Waals surface area contributed by atoms with Gasteiger partial charge in [0.25, 0.3) is 0 Å². The average Bonchev–Trinajstić information content (AvgIpc) is 2.38. The lowest BCUT2D eigenvalue weighted by Gasteiger charge is -2.25. The van der Waals surface area contributed by atoms with Crippen molar-refractivity contribution in [1.82, 2.24) is 4.31 Å². The standard InChI is InChI=1S/C14H22ClNO3S/c1-12(2)16(7-8-19-3)20(17,18)11-14-6-4-5-13(9-14)10-15/h4-6,9,12H,7-8,10-11H2,1-3H3. The summed E-state index contributed by atoms with van der Waals surface area (Å²) in [5, 5.41) is 0. The van der Waals surface area contributed by atoms with Crippen LogP contribution in [0.3, 0.4) is 0 Å². The molecule has 1 aromatic carbocycles. The van der Waals surface area contributed by atoms with E-state index in [0.29, 0.717) is 19.0 Å². The molecule has 0 atom stereocenters. The molecule has 1 aromatic rings. The van der Waals surface area contributed by atoms with Crippen molar-refractivity contribution in [3.63, 3.8) is 0 Å². The smallest absolute Gasteiger partial charge is 0.218 e. The molecule has 0 radical (unpaired) electrons. The third-order valence-electron chi connectivity index (χ3n) is 2.94. The lowest BCUT2D eigenvalue weighted by atomic mass is 10.2. The molecular weight excluding hydrogens is 298 g/mol. The first-order valence-electron chi connectivity index (χ1n) is 6.53. The van der Waals surface area contributed by atoms with Gasteiger partial charge in [-0.15, -0.1) is 11.6 Å². The van der Waals surface area contributed by atoms with Crippen LogP contribution in [-0.2, 0) is 26.4 Å². The van der Waals surface area contributed by atoms with Gasteiger partial charge < -0.3 is 4.74 Å². The Morgan fingerprint density at radius 2 is 1.95 bits per heavy atom. The Labute approximate surface area is 126 Å². The summed E-state index contributed by atoms with van der Waals surface area (Å²) in [5.41, 5.74) is 1.68. The Morgan fingerprint density at radius 3 is 2.50 bits per heavy atom. The van der Waals surface area contributed by atoms with Crippen LogP contribution in [0.25, 0.3) is 0 Å². The average molecular weight is 320 g/mol. The molecule has 0 bridgehead atoms. The first-order chi connectivity index (χ1) is 9.40. The highest BCUT2D eigenvalue weighted by Crippen LogP contribution is 2.16. The molecule has 0 aromatic heterocycles. The number of halogens is 1. The number of rotatable bonds is 8. The summed E-state index contributed by atoms with van der Waals surface area (Å²) in [5.74, 6) is 0.366. The van der Waals surface area contributed by atoms with Gasteiger partial charge in [-0.1, -0.05) is 24.3 Å². The van der Waals surface area contributed by atoms with Crippen molar-refractivity contribution in [2.24, 2.45) is 0 Å². The molecule has 20 heavy (non-hydrogen) atoms. The predicted molar refractivity (Wildman–Crippen MR) is 82.3 cm³/mol. The molecule has 114 valence electrons. The fraction of sp³-hybridized carbons (Fsp3) is 0.571. The van der Waals surface area contributed by atoms with Crippen molar-refractivity contribution >= 4 is 21.6 Å². The molecule has 0 unspecified atom stereocenters. The zero-order valence-electron chi connectivity index (χ0n) is 12.2. The molecule has 0 saturated heterocycles. The topological polar surface area (TPSA) is 46.6 Å². The lowest BCUT2D eigenvalue weighted by molar-refractivity contribution is 0.171. The Morgan fingerprint density at radius 1 is 1.30 bits per heavy atom. The van der Waals surface area contributed by atoms with Crippen molar-refractivity contribution in [3.8, 4) is 0 Å². The molecule has 0 N–H and O–H groups in total. The summed E-state index contributed by atoms with van der Waals surface area (Å²) in [4.78, 5) is 0. The van der Waals surface area contributed by atoms with Gasteiger partial charge in [-0.3, -0.25) is 0 Å². The second-order valence-corrected chi connectivity index (χ2v) is 7.10. The maximum Gasteiger partial charge on any atom is 0.218 e. The van der Waals surface area contributed by atoms with Crippen LogP contribution in [0.2, 0.25) is 0 Å². The molecule has 0 aliphatic heterocycles. The van der Waals surface area contributed by atoms with E-state index in [1.54, 1.807) is 7.11 Å². The van der Waals surface area contributed by atoms with Gasteiger partial charge in [-0.25, -0.2) is 8.42 Å². The number of alkyl halides is 1. The third-order valence-corrected chi connectivity index (χ3v) is 5.27. The summed E-state index contributed by atoms with van der Waals surface area (Å²) >= 11 is 5.78. The first kappa shape index (κ1) is 17.4. The minimum absolute atomic E-state index is 0.0143. The molecule has 1 rings (SSSR count). The Hall–Kier alpha value is -0.620. The lowest BCUT2D eigenvalue weighted by Crippen LogP contribution is -2.39. The molecule has 6 heteroatoms. The number of ether oxygens (including phenoxy) is 1. The highest BCUT2D eigenvalue weighted by molar-refractivity contribution is 7.88. The number of methoxy groups -OCH3 is 1. The van der Waals surface area contributed by atoms with Crippen LogP contribution in [0, 0.1) is 0 Å². The van der Waals surface area contributed by atoms with Crippen molar-refractivity contribution in [3.05, 3.63) is 35.4 Å². The summed E-state index contributed by atoms with van der Waals surface area (Å²) in [6.07, 6.45) is 0. The van der Waals surface area contributed by atoms with E-state index in [4.69, 9.17) is 16.3 Å². The number of sulfonamides is 1. The molecule has 0 saturated carbocycles. The molecule has 0 fully saturated rings. The number of nitrogens with zero attached hydrogens (tertiary/aromatic N) is 1. The normalized spacial score (nSPS) is 12.3. The van der Waals surface area contributed by atoms with E-state index in [1.807, 2.05) is 38.1 Å². The fourth-order valence-corrected chi connectivity index (χ4v) is 3.92. The van der Waals surface area contributed by atoms with Gasteiger partial charge in [0.05, 0.1) is 12.4 Å². The van der Waals surface area contributed by atoms with E-state index in [2.05, 4.69) is 0 Å². The second kappa shape index (κ2) is 7.98. The van der Waals surface area contributed by atoms with E-state index in [9.17, 15) is 8.42 Å². The molecule has 4 nitrogen and oxygen atoms in total. The van der Waals surface area contributed by atoms with E-state index >= 15 is 0 Å². The largest absolute Gasteiger partial charge is 0.383 e. The molecule has 0 heterocycles. The van der Waals surface area contributed by atoms with Crippen LogP contribution < -0.4 is 0 Å². The molecule has 0 aliphatic rings. The van der Waals surface area contributed by atoms with Gasteiger partial charge in [-0.2, -0.15) is 4.31 Å². The van der Waals surface area contributed by atoms with Crippen LogP contribution in [0.1, 0.15) is 25.0 Å². The molecule has 0 aliphatic carbocycles. The highest BCUT2D eigenvalue weighted by Gasteiger charge is 2.24. The summed E-state index contributed by atoms with van der Waals surface area (Å²) < 4.78 is 31.4.